The molecule has 0 spiro atoms. The summed E-state index contributed by atoms with van der Waals surface area (Å²) in [6.45, 7) is 6.28. The maximum absolute atomic E-state index is 12.7. The number of carboxylic acid groups (broad SMARTS) is 1. The van der Waals surface area contributed by atoms with Crippen LogP contribution in [0.1, 0.15) is 47.0 Å². The highest BCUT2D eigenvalue weighted by atomic mass is 16.4. The van der Waals surface area contributed by atoms with Crippen molar-refractivity contribution in [2.45, 2.75) is 71.1 Å². The van der Waals surface area contributed by atoms with Crippen LogP contribution in [0.2, 0.25) is 0 Å². The zero-order valence-corrected chi connectivity index (χ0v) is 18.4. The Morgan fingerprint density at radius 2 is 1.42 bits per heavy atom. The molecule has 12 nitrogen and oxygen atoms in total. The number of primary amides is 1. The molecule has 0 aromatic heterocycles. The number of amides is 4. The van der Waals surface area contributed by atoms with Gasteiger partial charge in [0.25, 0.3) is 0 Å². The second-order valence-electron chi connectivity index (χ2n) is 8.11. The summed E-state index contributed by atoms with van der Waals surface area (Å²) in [6, 6.07) is -4.74. The van der Waals surface area contributed by atoms with Gasteiger partial charge in [0, 0.05) is 6.42 Å². The minimum atomic E-state index is -1.28. The van der Waals surface area contributed by atoms with Crippen molar-refractivity contribution in [1.82, 2.24) is 16.0 Å². The molecule has 12 heteroatoms. The molecule has 178 valence electrons. The summed E-state index contributed by atoms with van der Waals surface area (Å²) in [7, 11) is 0. The highest BCUT2D eigenvalue weighted by Crippen LogP contribution is 2.09. The van der Waals surface area contributed by atoms with Crippen LogP contribution in [0.5, 0.6) is 0 Å². The van der Waals surface area contributed by atoms with Gasteiger partial charge in [-0.25, -0.2) is 4.79 Å². The van der Waals surface area contributed by atoms with Gasteiger partial charge >= 0.3 is 5.97 Å². The van der Waals surface area contributed by atoms with E-state index < -0.39 is 66.3 Å². The van der Waals surface area contributed by atoms with Gasteiger partial charge in [-0.3, -0.25) is 19.2 Å². The van der Waals surface area contributed by atoms with Crippen LogP contribution in [-0.4, -0.2) is 70.6 Å². The highest BCUT2D eigenvalue weighted by Gasteiger charge is 2.32. The van der Waals surface area contributed by atoms with Crippen LogP contribution in [-0.2, 0) is 24.0 Å². The van der Waals surface area contributed by atoms with Crippen molar-refractivity contribution in [1.29, 1.82) is 0 Å². The Hall–Kier alpha value is -2.73. The van der Waals surface area contributed by atoms with Gasteiger partial charge in [-0.1, -0.05) is 27.7 Å². The number of rotatable bonds is 14. The van der Waals surface area contributed by atoms with E-state index in [2.05, 4.69) is 16.0 Å². The molecule has 0 bridgehead atoms. The maximum Gasteiger partial charge on any atom is 0.326 e. The van der Waals surface area contributed by atoms with E-state index in [1.165, 1.54) is 0 Å². The molecule has 0 fully saturated rings. The first-order chi connectivity index (χ1) is 14.3. The Morgan fingerprint density at radius 3 is 1.84 bits per heavy atom. The topological polar surface area (TPSA) is 214 Å². The predicted octanol–water partition coefficient (Wildman–Crippen LogP) is -2.19. The molecule has 0 aliphatic heterocycles. The largest absolute Gasteiger partial charge is 0.480 e. The number of carbonyl (C=O) groups excluding carboxylic acids is 4. The third-order valence-corrected chi connectivity index (χ3v) is 4.41. The molecule has 4 amide bonds. The number of hydrogen-bond acceptors (Lipinski definition) is 7. The number of nitrogens with two attached hydrogens (primary N) is 2. The molecule has 0 radical (unpaired) electrons. The first-order valence-electron chi connectivity index (χ1n) is 10.1. The summed E-state index contributed by atoms with van der Waals surface area (Å²) >= 11 is 0. The molecule has 0 aliphatic rings. The first-order valence-corrected chi connectivity index (χ1v) is 10.1. The smallest absolute Gasteiger partial charge is 0.326 e. The van der Waals surface area contributed by atoms with Gasteiger partial charge < -0.3 is 37.6 Å². The van der Waals surface area contributed by atoms with E-state index in [1.807, 2.05) is 13.8 Å². The van der Waals surface area contributed by atoms with E-state index in [1.54, 1.807) is 13.8 Å². The highest BCUT2D eigenvalue weighted by molar-refractivity contribution is 5.94. The van der Waals surface area contributed by atoms with Crippen LogP contribution in [0.25, 0.3) is 0 Å². The Morgan fingerprint density at radius 1 is 0.871 bits per heavy atom. The number of aliphatic hydroxyl groups excluding tert-OH is 1. The average Bonchev–Trinajstić information content (AvgIpc) is 2.66. The van der Waals surface area contributed by atoms with Gasteiger partial charge in [0.1, 0.15) is 24.2 Å². The monoisotopic (exact) mass is 445 g/mol. The summed E-state index contributed by atoms with van der Waals surface area (Å²) < 4.78 is 0. The number of nitrogens with one attached hydrogen (secondary N) is 3. The number of aliphatic carboxylic acids is 1. The lowest BCUT2D eigenvalue weighted by atomic mass is 9.99. The molecule has 0 aliphatic carbocycles. The molecular formula is C19H35N5O7. The quantitative estimate of drug-likeness (QED) is 0.155. The van der Waals surface area contributed by atoms with Crippen molar-refractivity contribution in [3.8, 4) is 0 Å². The van der Waals surface area contributed by atoms with Crippen molar-refractivity contribution >= 4 is 29.6 Å². The fourth-order valence-electron chi connectivity index (χ4n) is 2.66. The van der Waals surface area contributed by atoms with Gasteiger partial charge in [0.15, 0.2) is 0 Å². The van der Waals surface area contributed by atoms with Gasteiger partial charge in [-0.05, 0) is 24.7 Å². The van der Waals surface area contributed by atoms with E-state index >= 15 is 0 Å². The fourth-order valence-corrected chi connectivity index (χ4v) is 2.66. The molecular weight excluding hydrogens is 410 g/mol. The van der Waals surface area contributed by atoms with Crippen LogP contribution in [0, 0.1) is 11.8 Å². The molecule has 31 heavy (non-hydrogen) atoms. The van der Waals surface area contributed by atoms with E-state index in [9.17, 15) is 29.1 Å². The van der Waals surface area contributed by atoms with Gasteiger partial charge in [0.2, 0.25) is 23.6 Å². The second kappa shape index (κ2) is 13.5. The van der Waals surface area contributed by atoms with E-state index in [0.717, 1.165) is 0 Å². The normalized spacial score (nSPS) is 15.0. The summed E-state index contributed by atoms with van der Waals surface area (Å²) in [5.41, 5.74) is 10.5. The predicted molar refractivity (Wildman–Crippen MR) is 111 cm³/mol. The standard InChI is InChI=1S/C19H35N5O7/c1-9(2)7-13(19(30)31)23-18(29)15(10(3)4)24-17(28)12(5-6-14(21)26)22-16(27)11(20)8-25/h9-13,15,25H,5-8,20H2,1-4H3,(H2,21,26)(H,22,27)(H,23,29)(H,24,28)(H,30,31). The minimum Gasteiger partial charge on any atom is -0.480 e. The van der Waals surface area contributed by atoms with E-state index in [0.29, 0.717) is 0 Å². The molecule has 0 aromatic rings. The molecule has 0 aromatic carbocycles. The lowest BCUT2D eigenvalue weighted by Gasteiger charge is -2.27. The Kier molecular flexibility index (Phi) is 12.4. The maximum atomic E-state index is 12.7. The van der Waals surface area contributed by atoms with Gasteiger partial charge in [0.05, 0.1) is 6.61 Å². The van der Waals surface area contributed by atoms with Crippen LogP contribution in [0.3, 0.4) is 0 Å². The van der Waals surface area contributed by atoms with Crippen LogP contribution >= 0.6 is 0 Å². The molecule has 0 rings (SSSR count). The van der Waals surface area contributed by atoms with Crippen LogP contribution in [0.15, 0.2) is 0 Å². The minimum absolute atomic E-state index is 0.0117. The molecule has 0 heterocycles. The molecule has 4 atom stereocenters. The Labute approximate surface area is 181 Å². The third kappa shape index (κ3) is 10.7. The van der Waals surface area contributed by atoms with Gasteiger partial charge in [-0.2, -0.15) is 0 Å². The summed E-state index contributed by atoms with van der Waals surface area (Å²) in [6.07, 6.45) is -0.167. The Balaban J connectivity index is 5.43. The average molecular weight is 446 g/mol. The van der Waals surface area contributed by atoms with Crippen LogP contribution < -0.4 is 27.4 Å². The third-order valence-electron chi connectivity index (χ3n) is 4.41. The summed E-state index contributed by atoms with van der Waals surface area (Å²) in [5, 5.41) is 25.6. The second-order valence-corrected chi connectivity index (χ2v) is 8.11. The van der Waals surface area contributed by atoms with Crippen molar-refractivity contribution in [3.63, 3.8) is 0 Å². The van der Waals surface area contributed by atoms with E-state index in [4.69, 9.17) is 16.6 Å². The number of aliphatic hydroxyl groups is 1. The van der Waals surface area contributed by atoms with Crippen molar-refractivity contribution < 1.29 is 34.2 Å². The fraction of sp³-hybridized carbons (Fsp3) is 0.737. The summed E-state index contributed by atoms with van der Waals surface area (Å²) in [4.78, 5) is 59.9. The van der Waals surface area contributed by atoms with Crippen molar-refractivity contribution in [2.24, 2.45) is 23.3 Å². The van der Waals surface area contributed by atoms with Crippen LogP contribution in [0.4, 0.5) is 0 Å². The van der Waals surface area contributed by atoms with Crippen molar-refractivity contribution in [2.75, 3.05) is 6.61 Å². The SMILES string of the molecule is CC(C)CC(NC(=O)C(NC(=O)C(CCC(N)=O)NC(=O)C(N)CO)C(C)C)C(=O)O. The zero-order chi connectivity index (χ0) is 24.3. The van der Waals surface area contributed by atoms with Crippen molar-refractivity contribution in [3.05, 3.63) is 0 Å². The number of carbonyl (C=O) groups is 5. The van der Waals surface area contributed by atoms with E-state index in [-0.39, 0.29) is 25.2 Å². The Bertz CT molecular complexity index is 654. The zero-order valence-electron chi connectivity index (χ0n) is 18.4. The number of hydrogen-bond donors (Lipinski definition) is 7. The molecule has 9 N–H and O–H groups in total. The lowest BCUT2D eigenvalue weighted by molar-refractivity contribution is -0.143. The molecule has 0 saturated carbocycles. The molecule has 0 saturated heterocycles. The lowest BCUT2D eigenvalue weighted by Crippen LogP contribution is -2.58. The summed E-state index contributed by atoms with van der Waals surface area (Å²) in [5.74, 6) is -4.58. The molecule has 4 unspecified atom stereocenters. The van der Waals surface area contributed by atoms with Gasteiger partial charge in [-0.15, -0.1) is 0 Å². The first kappa shape index (κ1) is 28.3. The number of carboxylic acids is 1.